The Morgan fingerprint density at radius 3 is 2.53 bits per heavy atom. The first kappa shape index (κ1) is 13.8. The molecular formula is C9H15ClN2O3. The highest BCUT2D eigenvalue weighted by Gasteiger charge is 2.18. The Bertz CT molecular complexity index is 256. The normalized spacial score (nSPS) is 11.6. The molecule has 0 fully saturated rings. The van der Waals surface area contributed by atoms with Gasteiger partial charge in [-0.25, -0.2) is 9.59 Å². The number of carbonyl (C=O) groups is 2. The first-order chi connectivity index (χ1) is 6.97. The number of halogens is 1. The first-order valence-electron chi connectivity index (χ1n) is 4.57. The molecule has 0 aliphatic rings. The molecule has 0 aliphatic heterocycles. The van der Waals surface area contributed by atoms with Crippen molar-refractivity contribution in [2.75, 3.05) is 6.54 Å². The van der Waals surface area contributed by atoms with E-state index in [4.69, 9.17) is 16.7 Å². The molecule has 2 amide bonds. The molecule has 0 aromatic rings. The van der Waals surface area contributed by atoms with E-state index >= 15 is 0 Å². The van der Waals surface area contributed by atoms with Gasteiger partial charge < -0.3 is 15.7 Å². The van der Waals surface area contributed by atoms with Gasteiger partial charge in [0.15, 0.2) is 0 Å². The summed E-state index contributed by atoms with van der Waals surface area (Å²) in [5.41, 5.74) is 0. The second-order valence-electron chi connectivity index (χ2n) is 3.02. The molecule has 0 heterocycles. The summed E-state index contributed by atoms with van der Waals surface area (Å²) in [6.45, 7) is 5.34. The number of rotatable bonds is 6. The number of urea groups is 1. The van der Waals surface area contributed by atoms with Gasteiger partial charge in [-0.2, -0.15) is 0 Å². The van der Waals surface area contributed by atoms with Gasteiger partial charge in [0.25, 0.3) is 0 Å². The summed E-state index contributed by atoms with van der Waals surface area (Å²) in [4.78, 5) is 21.8. The third-order valence-corrected chi connectivity index (χ3v) is 1.76. The second kappa shape index (κ2) is 7.11. The van der Waals surface area contributed by atoms with E-state index in [0.717, 1.165) is 0 Å². The molecule has 0 rings (SSSR count). The molecule has 3 N–H and O–H groups in total. The molecule has 0 radical (unpaired) electrons. The standard InChI is InChI=1S/C9H15ClN2O3/c1-3-4-7(8(13)14)12-9(15)11-5-6(2)10/h7H,2-5H2,1H3,(H,13,14)(H2,11,12,15)/t7-/m1/s1. The average Bonchev–Trinajstić information content (AvgIpc) is 2.14. The summed E-state index contributed by atoms with van der Waals surface area (Å²) in [6.07, 6.45) is 1.07. The van der Waals surface area contributed by atoms with Crippen molar-refractivity contribution >= 4 is 23.6 Å². The van der Waals surface area contributed by atoms with Crippen LogP contribution in [0.1, 0.15) is 19.8 Å². The predicted molar refractivity (Wildman–Crippen MR) is 57.9 cm³/mol. The van der Waals surface area contributed by atoms with Crippen LogP contribution in [0, 0.1) is 0 Å². The molecule has 0 aromatic heterocycles. The highest BCUT2D eigenvalue weighted by atomic mass is 35.5. The highest BCUT2D eigenvalue weighted by Crippen LogP contribution is 1.97. The molecule has 5 nitrogen and oxygen atoms in total. The lowest BCUT2D eigenvalue weighted by Crippen LogP contribution is -2.46. The van der Waals surface area contributed by atoms with Crippen LogP contribution in [0.3, 0.4) is 0 Å². The Kier molecular flexibility index (Phi) is 6.53. The molecule has 0 unspecified atom stereocenters. The van der Waals surface area contributed by atoms with Crippen LogP contribution >= 0.6 is 11.6 Å². The van der Waals surface area contributed by atoms with Crippen molar-refractivity contribution in [3.8, 4) is 0 Å². The van der Waals surface area contributed by atoms with Gasteiger partial charge >= 0.3 is 12.0 Å². The summed E-state index contributed by atoms with van der Waals surface area (Å²) in [7, 11) is 0. The number of aliphatic carboxylic acids is 1. The van der Waals surface area contributed by atoms with E-state index in [0.29, 0.717) is 12.8 Å². The maximum atomic E-state index is 11.2. The van der Waals surface area contributed by atoms with Crippen molar-refractivity contribution in [3.05, 3.63) is 11.6 Å². The molecule has 0 saturated carbocycles. The topological polar surface area (TPSA) is 78.4 Å². The van der Waals surface area contributed by atoms with E-state index in [1.54, 1.807) is 0 Å². The van der Waals surface area contributed by atoms with Gasteiger partial charge in [-0.15, -0.1) is 0 Å². The Labute approximate surface area is 93.5 Å². The first-order valence-corrected chi connectivity index (χ1v) is 4.95. The van der Waals surface area contributed by atoms with E-state index in [-0.39, 0.29) is 11.6 Å². The van der Waals surface area contributed by atoms with E-state index in [1.165, 1.54) is 0 Å². The van der Waals surface area contributed by atoms with Crippen molar-refractivity contribution in [1.82, 2.24) is 10.6 Å². The van der Waals surface area contributed by atoms with Crippen LogP contribution < -0.4 is 10.6 Å². The monoisotopic (exact) mass is 234 g/mol. The van der Waals surface area contributed by atoms with Crippen LogP contribution in [-0.2, 0) is 4.79 Å². The molecule has 0 aliphatic carbocycles. The minimum atomic E-state index is -1.04. The Morgan fingerprint density at radius 1 is 1.53 bits per heavy atom. The van der Waals surface area contributed by atoms with E-state index in [2.05, 4.69) is 17.2 Å². The summed E-state index contributed by atoms with van der Waals surface area (Å²) in [5.74, 6) is -1.04. The summed E-state index contributed by atoms with van der Waals surface area (Å²) in [6, 6.07) is -1.42. The number of hydrogen-bond acceptors (Lipinski definition) is 2. The number of carboxylic acid groups (broad SMARTS) is 1. The quantitative estimate of drug-likeness (QED) is 0.648. The number of nitrogens with one attached hydrogen (secondary N) is 2. The molecule has 86 valence electrons. The van der Waals surface area contributed by atoms with Crippen LogP contribution in [0.5, 0.6) is 0 Å². The van der Waals surface area contributed by atoms with Gasteiger partial charge in [0.1, 0.15) is 6.04 Å². The molecule has 15 heavy (non-hydrogen) atoms. The van der Waals surface area contributed by atoms with E-state index in [9.17, 15) is 9.59 Å². The van der Waals surface area contributed by atoms with Crippen molar-refractivity contribution in [1.29, 1.82) is 0 Å². The van der Waals surface area contributed by atoms with Gasteiger partial charge in [0.05, 0.1) is 6.54 Å². The maximum Gasteiger partial charge on any atom is 0.326 e. The largest absolute Gasteiger partial charge is 0.480 e. The predicted octanol–water partition coefficient (Wildman–Crippen LogP) is 1.29. The highest BCUT2D eigenvalue weighted by molar-refractivity contribution is 6.29. The molecule has 0 aromatic carbocycles. The van der Waals surface area contributed by atoms with E-state index < -0.39 is 18.0 Å². The fraction of sp³-hybridized carbons (Fsp3) is 0.556. The zero-order valence-electron chi connectivity index (χ0n) is 8.55. The Hall–Kier alpha value is -1.23. The minimum absolute atomic E-state index is 0.117. The second-order valence-corrected chi connectivity index (χ2v) is 3.56. The third-order valence-electron chi connectivity index (χ3n) is 1.62. The van der Waals surface area contributed by atoms with Crippen molar-refractivity contribution < 1.29 is 14.7 Å². The lowest BCUT2D eigenvalue weighted by atomic mass is 10.2. The molecule has 6 heteroatoms. The van der Waals surface area contributed by atoms with Gasteiger partial charge in [-0.1, -0.05) is 31.5 Å². The molecule has 1 atom stereocenters. The number of amides is 2. The van der Waals surface area contributed by atoms with Crippen LogP contribution in [-0.4, -0.2) is 29.7 Å². The van der Waals surface area contributed by atoms with Crippen LogP contribution in [0.4, 0.5) is 4.79 Å². The van der Waals surface area contributed by atoms with Crippen molar-refractivity contribution in [2.24, 2.45) is 0 Å². The van der Waals surface area contributed by atoms with Gasteiger partial charge in [-0.05, 0) is 6.42 Å². The lowest BCUT2D eigenvalue weighted by molar-refractivity contribution is -0.139. The average molecular weight is 235 g/mol. The van der Waals surface area contributed by atoms with Gasteiger partial charge in [0, 0.05) is 5.03 Å². The summed E-state index contributed by atoms with van der Waals surface area (Å²) in [5, 5.41) is 13.7. The minimum Gasteiger partial charge on any atom is -0.480 e. The Balaban J connectivity index is 3.99. The van der Waals surface area contributed by atoms with E-state index in [1.807, 2.05) is 6.92 Å². The SMILES string of the molecule is C=C(Cl)CNC(=O)N[C@H](CCC)C(=O)O. The van der Waals surface area contributed by atoms with Crippen molar-refractivity contribution in [3.63, 3.8) is 0 Å². The molecule has 0 bridgehead atoms. The smallest absolute Gasteiger partial charge is 0.326 e. The Morgan fingerprint density at radius 2 is 2.13 bits per heavy atom. The molecule has 0 spiro atoms. The number of carbonyl (C=O) groups excluding carboxylic acids is 1. The number of carboxylic acids is 1. The van der Waals surface area contributed by atoms with Crippen LogP contribution in [0.15, 0.2) is 11.6 Å². The van der Waals surface area contributed by atoms with Gasteiger partial charge in [-0.3, -0.25) is 0 Å². The fourth-order valence-corrected chi connectivity index (χ4v) is 0.998. The van der Waals surface area contributed by atoms with Crippen LogP contribution in [0.25, 0.3) is 0 Å². The fourth-order valence-electron chi connectivity index (χ4n) is 0.932. The van der Waals surface area contributed by atoms with Crippen molar-refractivity contribution in [2.45, 2.75) is 25.8 Å². The zero-order valence-corrected chi connectivity index (χ0v) is 9.30. The summed E-state index contributed by atoms with van der Waals surface area (Å²) < 4.78 is 0. The zero-order chi connectivity index (χ0) is 11.8. The maximum absolute atomic E-state index is 11.2. The van der Waals surface area contributed by atoms with Gasteiger partial charge in [0.2, 0.25) is 0 Å². The lowest BCUT2D eigenvalue weighted by Gasteiger charge is -2.13. The summed E-state index contributed by atoms with van der Waals surface area (Å²) >= 11 is 5.43. The molecular weight excluding hydrogens is 220 g/mol. The van der Waals surface area contributed by atoms with Crippen LogP contribution in [0.2, 0.25) is 0 Å². The number of hydrogen-bond donors (Lipinski definition) is 3. The third kappa shape index (κ3) is 6.79. The molecule has 0 saturated heterocycles.